The molecule has 2 fully saturated rings. The molecular formula is C22H30N4O4S2. The van der Waals surface area contributed by atoms with Crippen molar-refractivity contribution in [2.24, 2.45) is 5.92 Å². The summed E-state index contributed by atoms with van der Waals surface area (Å²) in [5.41, 5.74) is 0. The highest BCUT2D eigenvalue weighted by molar-refractivity contribution is 7.89. The molecule has 0 spiro atoms. The Kier molecular flexibility index (Phi) is 7.32. The molecule has 0 aliphatic carbocycles. The van der Waals surface area contributed by atoms with Crippen molar-refractivity contribution in [3.05, 3.63) is 35.8 Å². The lowest BCUT2D eigenvalue weighted by atomic mass is 9.96. The molecule has 3 heterocycles. The molecule has 174 valence electrons. The lowest BCUT2D eigenvalue weighted by Gasteiger charge is -2.33. The summed E-state index contributed by atoms with van der Waals surface area (Å²) in [7, 11) is -3.57. The summed E-state index contributed by atoms with van der Waals surface area (Å²) in [6, 6.07) is 6.54. The lowest BCUT2D eigenvalue weighted by Crippen LogP contribution is -2.45. The lowest BCUT2D eigenvalue weighted by molar-refractivity contribution is -0.136. The molecule has 0 unspecified atom stereocenters. The summed E-state index contributed by atoms with van der Waals surface area (Å²) in [6.07, 6.45) is 3.84. The molecule has 0 N–H and O–H groups in total. The number of amides is 1. The van der Waals surface area contributed by atoms with Crippen LogP contribution in [0.5, 0.6) is 5.75 Å². The SMILES string of the molecule is CCOc1ccc(S(=O)(=O)N2CCC(C(=O)N3CCCN(c4nccs4)CC3)CC2)cc1. The van der Waals surface area contributed by atoms with Gasteiger partial charge in [-0.3, -0.25) is 4.79 Å². The quantitative estimate of drug-likeness (QED) is 0.635. The Hall–Kier alpha value is -2.17. The van der Waals surface area contributed by atoms with Gasteiger partial charge in [0.2, 0.25) is 15.9 Å². The van der Waals surface area contributed by atoms with Gasteiger partial charge in [0.15, 0.2) is 5.13 Å². The van der Waals surface area contributed by atoms with Gasteiger partial charge in [-0.2, -0.15) is 4.31 Å². The number of ether oxygens (including phenoxy) is 1. The molecule has 2 aliphatic heterocycles. The first-order valence-corrected chi connectivity index (χ1v) is 13.5. The molecular weight excluding hydrogens is 448 g/mol. The number of anilines is 1. The van der Waals surface area contributed by atoms with Crippen LogP contribution in [-0.2, 0) is 14.8 Å². The van der Waals surface area contributed by atoms with Crippen molar-refractivity contribution in [1.82, 2.24) is 14.2 Å². The Morgan fingerprint density at radius 2 is 1.84 bits per heavy atom. The van der Waals surface area contributed by atoms with Crippen molar-refractivity contribution < 1.29 is 17.9 Å². The maximum absolute atomic E-state index is 13.1. The largest absolute Gasteiger partial charge is 0.494 e. The van der Waals surface area contributed by atoms with Crippen LogP contribution in [0.1, 0.15) is 26.2 Å². The topological polar surface area (TPSA) is 83.0 Å². The summed E-state index contributed by atoms with van der Waals surface area (Å²) in [5, 5.41) is 2.98. The van der Waals surface area contributed by atoms with E-state index in [1.807, 2.05) is 23.4 Å². The van der Waals surface area contributed by atoms with Gasteiger partial charge in [-0.1, -0.05) is 0 Å². The van der Waals surface area contributed by atoms with E-state index in [1.54, 1.807) is 35.6 Å². The van der Waals surface area contributed by atoms with E-state index in [0.29, 0.717) is 44.8 Å². The molecule has 2 aromatic rings. The van der Waals surface area contributed by atoms with Gasteiger partial charge >= 0.3 is 0 Å². The molecule has 2 saturated heterocycles. The number of thiazole rings is 1. The van der Waals surface area contributed by atoms with Gasteiger partial charge < -0.3 is 14.5 Å². The second kappa shape index (κ2) is 10.2. The molecule has 1 aromatic carbocycles. The standard InChI is InChI=1S/C22H30N4O4S2/c1-2-30-19-4-6-20(7-5-19)32(28,29)26-13-8-18(9-14-26)21(27)24-11-3-12-25(16-15-24)22-23-10-17-31-22/h4-7,10,17-18H,2-3,8-9,11-16H2,1H3. The first-order chi connectivity index (χ1) is 15.5. The molecule has 0 bridgehead atoms. The van der Waals surface area contributed by atoms with Crippen LogP contribution in [0.25, 0.3) is 0 Å². The molecule has 2 aliphatic rings. The minimum atomic E-state index is -3.57. The van der Waals surface area contributed by atoms with Crippen LogP contribution in [0.15, 0.2) is 40.7 Å². The van der Waals surface area contributed by atoms with Gasteiger partial charge in [-0.25, -0.2) is 13.4 Å². The summed E-state index contributed by atoms with van der Waals surface area (Å²) in [5.74, 6) is 0.693. The van der Waals surface area contributed by atoms with Crippen molar-refractivity contribution in [3.8, 4) is 5.75 Å². The molecule has 4 rings (SSSR count). The molecule has 0 radical (unpaired) electrons. The Labute approximate surface area is 193 Å². The highest BCUT2D eigenvalue weighted by Gasteiger charge is 2.34. The number of aromatic nitrogens is 1. The van der Waals surface area contributed by atoms with Gasteiger partial charge in [0.1, 0.15) is 5.75 Å². The fourth-order valence-corrected chi connectivity index (χ4v) is 6.49. The summed E-state index contributed by atoms with van der Waals surface area (Å²) < 4.78 is 32.9. The van der Waals surface area contributed by atoms with E-state index in [0.717, 1.165) is 31.2 Å². The number of nitrogens with zero attached hydrogens (tertiary/aromatic N) is 4. The van der Waals surface area contributed by atoms with Crippen molar-refractivity contribution in [2.75, 3.05) is 50.8 Å². The van der Waals surface area contributed by atoms with Crippen LogP contribution >= 0.6 is 11.3 Å². The van der Waals surface area contributed by atoms with Crippen molar-refractivity contribution >= 4 is 32.4 Å². The maximum Gasteiger partial charge on any atom is 0.243 e. The number of carbonyl (C=O) groups is 1. The van der Waals surface area contributed by atoms with Crippen LogP contribution in [0, 0.1) is 5.92 Å². The number of sulfonamides is 1. The first-order valence-electron chi connectivity index (χ1n) is 11.2. The zero-order valence-electron chi connectivity index (χ0n) is 18.4. The third-order valence-electron chi connectivity index (χ3n) is 6.07. The van der Waals surface area contributed by atoms with Crippen LogP contribution in [-0.4, -0.2) is 74.4 Å². The highest BCUT2D eigenvalue weighted by Crippen LogP contribution is 2.27. The molecule has 8 nitrogen and oxygen atoms in total. The average Bonchev–Trinajstić information content (AvgIpc) is 3.24. The Balaban J connectivity index is 1.32. The van der Waals surface area contributed by atoms with Crippen molar-refractivity contribution in [1.29, 1.82) is 0 Å². The van der Waals surface area contributed by atoms with E-state index in [-0.39, 0.29) is 16.7 Å². The number of benzene rings is 1. The van der Waals surface area contributed by atoms with E-state index in [1.165, 1.54) is 4.31 Å². The smallest absolute Gasteiger partial charge is 0.243 e. The Bertz CT molecular complexity index is 987. The minimum absolute atomic E-state index is 0.117. The van der Waals surface area contributed by atoms with Gasteiger partial charge in [-0.05, 0) is 50.5 Å². The second-order valence-corrected chi connectivity index (χ2v) is 10.9. The Morgan fingerprint density at radius 1 is 1.09 bits per heavy atom. The molecule has 32 heavy (non-hydrogen) atoms. The normalized spacial score (nSPS) is 19.0. The van der Waals surface area contributed by atoms with E-state index >= 15 is 0 Å². The first kappa shape index (κ1) is 23.0. The fraction of sp³-hybridized carbons (Fsp3) is 0.545. The molecule has 0 atom stereocenters. The van der Waals surface area contributed by atoms with E-state index in [4.69, 9.17) is 4.74 Å². The minimum Gasteiger partial charge on any atom is -0.494 e. The van der Waals surface area contributed by atoms with Crippen molar-refractivity contribution in [3.63, 3.8) is 0 Å². The predicted molar refractivity (Wildman–Crippen MR) is 125 cm³/mol. The van der Waals surface area contributed by atoms with E-state index in [9.17, 15) is 13.2 Å². The number of hydrogen-bond acceptors (Lipinski definition) is 7. The zero-order valence-corrected chi connectivity index (χ0v) is 20.0. The van der Waals surface area contributed by atoms with Crippen LogP contribution in [0.2, 0.25) is 0 Å². The third-order valence-corrected chi connectivity index (χ3v) is 8.82. The molecule has 1 aromatic heterocycles. The van der Waals surface area contributed by atoms with Gasteiger partial charge in [0.05, 0.1) is 11.5 Å². The summed E-state index contributed by atoms with van der Waals surface area (Å²) in [6.45, 7) is 6.26. The predicted octanol–water partition coefficient (Wildman–Crippen LogP) is 2.68. The average molecular weight is 479 g/mol. The van der Waals surface area contributed by atoms with E-state index < -0.39 is 10.0 Å². The van der Waals surface area contributed by atoms with Gasteiger partial charge in [-0.15, -0.1) is 11.3 Å². The molecule has 10 heteroatoms. The number of carbonyl (C=O) groups excluding carboxylic acids is 1. The number of hydrogen-bond donors (Lipinski definition) is 0. The monoisotopic (exact) mass is 478 g/mol. The summed E-state index contributed by atoms with van der Waals surface area (Å²) >= 11 is 1.62. The number of piperidine rings is 1. The molecule has 1 amide bonds. The van der Waals surface area contributed by atoms with Crippen LogP contribution in [0.3, 0.4) is 0 Å². The van der Waals surface area contributed by atoms with Gasteiger partial charge in [0, 0.05) is 56.8 Å². The fourth-order valence-electron chi connectivity index (χ4n) is 4.33. The van der Waals surface area contributed by atoms with Crippen LogP contribution in [0.4, 0.5) is 5.13 Å². The Morgan fingerprint density at radius 3 is 2.50 bits per heavy atom. The molecule has 0 saturated carbocycles. The third kappa shape index (κ3) is 5.07. The van der Waals surface area contributed by atoms with Gasteiger partial charge in [0.25, 0.3) is 0 Å². The van der Waals surface area contributed by atoms with Crippen molar-refractivity contribution in [2.45, 2.75) is 31.1 Å². The highest BCUT2D eigenvalue weighted by atomic mass is 32.2. The number of rotatable bonds is 6. The summed E-state index contributed by atoms with van der Waals surface area (Å²) in [4.78, 5) is 22.0. The zero-order chi connectivity index (χ0) is 22.6. The second-order valence-electron chi connectivity index (χ2n) is 8.06. The van der Waals surface area contributed by atoms with Crippen LogP contribution < -0.4 is 9.64 Å². The maximum atomic E-state index is 13.1. The van der Waals surface area contributed by atoms with E-state index in [2.05, 4.69) is 9.88 Å².